The van der Waals surface area contributed by atoms with Crippen molar-refractivity contribution >= 4 is 23.5 Å². The Hall–Kier alpha value is -3.63. The highest BCUT2D eigenvalue weighted by Gasteiger charge is 2.15. The van der Waals surface area contributed by atoms with Gasteiger partial charge in [-0.15, -0.1) is 0 Å². The van der Waals surface area contributed by atoms with Gasteiger partial charge in [-0.2, -0.15) is 5.26 Å². The second-order valence-electron chi connectivity index (χ2n) is 5.40. The number of nitro benzene ring substituents is 1. The first-order valence-corrected chi connectivity index (χ1v) is 8.14. The van der Waals surface area contributed by atoms with E-state index in [-0.39, 0.29) is 17.3 Å². The minimum Gasteiger partial charge on any atom is -0.455 e. The molecule has 27 heavy (non-hydrogen) atoms. The van der Waals surface area contributed by atoms with Gasteiger partial charge in [-0.1, -0.05) is 35.0 Å². The number of oxime groups is 1. The zero-order valence-corrected chi connectivity index (χ0v) is 14.6. The Bertz CT molecular complexity index is 1050. The van der Waals surface area contributed by atoms with Gasteiger partial charge in [0.2, 0.25) is 0 Å². The van der Waals surface area contributed by atoms with E-state index in [4.69, 9.17) is 26.1 Å². The Labute approximate surface area is 159 Å². The number of hydrogen-bond acceptors (Lipinski definition) is 6. The molecule has 0 fully saturated rings. The van der Waals surface area contributed by atoms with Gasteiger partial charge in [0.25, 0.3) is 5.69 Å². The molecule has 1 aromatic heterocycles. The minimum absolute atomic E-state index is 0.0585. The first kappa shape index (κ1) is 18.2. The van der Waals surface area contributed by atoms with Gasteiger partial charge in [-0.25, -0.2) is 0 Å². The number of hydrogen-bond donors (Lipinski definition) is 0. The van der Waals surface area contributed by atoms with Gasteiger partial charge in [-0.3, -0.25) is 10.1 Å². The molecule has 0 unspecified atom stereocenters. The summed E-state index contributed by atoms with van der Waals surface area (Å²) in [5.74, 6) is 0.849. The fourth-order valence-corrected chi connectivity index (χ4v) is 2.52. The summed E-state index contributed by atoms with van der Waals surface area (Å²) in [5.41, 5.74) is 1.58. The van der Waals surface area contributed by atoms with Crippen molar-refractivity contribution in [3.8, 4) is 17.4 Å². The summed E-state index contributed by atoms with van der Waals surface area (Å²) < 4.78 is 5.59. The van der Waals surface area contributed by atoms with Gasteiger partial charge in [-0.05, 0) is 30.3 Å². The van der Waals surface area contributed by atoms with Crippen LogP contribution in [0.5, 0.6) is 0 Å². The monoisotopic (exact) mass is 381 g/mol. The van der Waals surface area contributed by atoms with Crippen LogP contribution in [0, 0.1) is 21.4 Å². The zero-order valence-electron chi connectivity index (χ0n) is 13.8. The van der Waals surface area contributed by atoms with Crippen molar-refractivity contribution in [1.29, 1.82) is 5.26 Å². The van der Waals surface area contributed by atoms with Crippen molar-refractivity contribution in [1.82, 2.24) is 0 Å². The predicted octanol–water partition coefficient (Wildman–Crippen LogP) is 4.93. The highest BCUT2D eigenvalue weighted by molar-refractivity contribution is 6.32. The Kier molecular flexibility index (Phi) is 5.50. The molecular weight excluding hydrogens is 370 g/mol. The quantitative estimate of drug-likeness (QED) is 0.342. The molecule has 0 aliphatic rings. The van der Waals surface area contributed by atoms with Crippen LogP contribution >= 0.6 is 11.6 Å². The molecule has 0 amide bonds. The van der Waals surface area contributed by atoms with Crippen molar-refractivity contribution in [3.05, 3.63) is 86.6 Å². The van der Waals surface area contributed by atoms with E-state index < -0.39 is 4.92 Å². The first-order valence-electron chi connectivity index (χ1n) is 7.76. The van der Waals surface area contributed by atoms with E-state index in [2.05, 4.69) is 11.2 Å². The molecule has 0 spiro atoms. The molecule has 2 aromatic carbocycles. The fourth-order valence-electron chi connectivity index (χ4n) is 2.33. The van der Waals surface area contributed by atoms with Gasteiger partial charge >= 0.3 is 0 Å². The van der Waals surface area contributed by atoms with Crippen molar-refractivity contribution in [2.75, 3.05) is 0 Å². The van der Waals surface area contributed by atoms with Crippen LogP contribution in [0.4, 0.5) is 5.69 Å². The molecule has 0 N–H and O–H groups in total. The largest absolute Gasteiger partial charge is 0.455 e. The van der Waals surface area contributed by atoms with Gasteiger partial charge in [0.1, 0.15) is 29.4 Å². The maximum absolute atomic E-state index is 11.0. The van der Waals surface area contributed by atoms with E-state index >= 15 is 0 Å². The average molecular weight is 382 g/mol. The molecule has 0 aliphatic heterocycles. The Balaban J connectivity index is 1.68. The van der Waals surface area contributed by atoms with Gasteiger partial charge in [0, 0.05) is 17.2 Å². The third kappa shape index (κ3) is 4.32. The minimum atomic E-state index is -0.552. The molecule has 0 atom stereocenters. The van der Waals surface area contributed by atoms with Gasteiger partial charge in [0.05, 0.1) is 16.6 Å². The van der Waals surface area contributed by atoms with Crippen LogP contribution in [0.2, 0.25) is 5.02 Å². The zero-order chi connectivity index (χ0) is 19.2. The maximum atomic E-state index is 11.0. The SMILES string of the molecule is N#Cc1ccccc1CO/N=C/c1ccc(-c2ccc(Cl)c([N+](=O)[O-])c2)o1. The second-order valence-corrected chi connectivity index (χ2v) is 5.81. The lowest BCUT2D eigenvalue weighted by Gasteiger charge is -2.01. The molecule has 3 rings (SSSR count). The standard InChI is InChI=1S/C19H12ClN3O4/c20-17-7-5-13(9-18(17)23(24)25)19-8-6-16(27-19)11-22-26-12-15-4-2-1-3-14(15)10-21/h1-9,11H,12H2/b22-11+. The molecule has 0 radical (unpaired) electrons. The maximum Gasteiger partial charge on any atom is 0.288 e. The summed E-state index contributed by atoms with van der Waals surface area (Å²) in [5, 5.41) is 23.9. The fraction of sp³-hybridized carbons (Fsp3) is 0.0526. The van der Waals surface area contributed by atoms with Crippen LogP contribution in [0.3, 0.4) is 0 Å². The number of furan rings is 1. The Morgan fingerprint density at radius 3 is 2.85 bits per heavy atom. The number of nitriles is 1. The molecule has 7 nitrogen and oxygen atoms in total. The van der Waals surface area contributed by atoms with E-state index in [1.807, 2.05) is 6.07 Å². The van der Waals surface area contributed by atoms with Gasteiger partial charge < -0.3 is 9.25 Å². The van der Waals surface area contributed by atoms with Gasteiger partial charge in [0.15, 0.2) is 0 Å². The molecule has 3 aromatic rings. The van der Waals surface area contributed by atoms with Crippen molar-refractivity contribution < 1.29 is 14.2 Å². The van der Waals surface area contributed by atoms with E-state index in [9.17, 15) is 10.1 Å². The van der Waals surface area contributed by atoms with E-state index in [0.717, 1.165) is 5.56 Å². The van der Waals surface area contributed by atoms with Crippen LogP contribution < -0.4 is 0 Å². The molecule has 0 saturated heterocycles. The molecule has 8 heteroatoms. The summed E-state index contributed by atoms with van der Waals surface area (Å²) >= 11 is 5.81. The van der Waals surface area contributed by atoms with E-state index in [0.29, 0.717) is 22.6 Å². The second kappa shape index (κ2) is 8.17. The average Bonchev–Trinajstić information content (AvgIpc) is 3.14. The van der Waals surface area contributed by atoms with E-state index in [1.165, 1.54) is 18.3 Å². The summed E-state index contributed by atoms with van der Waals surface area (Å²) in [6.07, 6.45) is 1.38. The molecule has 0 aliphatic carbocycles. The summed E-state index contributed by atoms with van der Waals surface area (Å²) in [6.45, 7) is 0.150. The molecule has 0 saturated carbocycles. The van der Waals surface area contributed by atoms with Crippen LogP contribution in [-0.2, 0) is 11.4 Å². The molecule has 134 valence electrons. The normalized spacial score (nSPS) is 10.7. The highest BCUT2D eigenvalue weighted by atomic mass is 35.5. The third-order valence-electron chi connectivity index (χ3n) is 3.67. The van der Waals surface area contributed by atoms with Crippen LogP contribution in [0.1, 0.15) is 16.9 Å². The number of halogens is 1. The van der Waals surface area contributed by atoms with E-state index in [1.54, 1.807) is 36.4 Å². The van der Waals surface area contributed by atoms with Crippen LogP contribution in [0.25, 0.3) is 11.3 Å². The first-order chi connectivity index (χ1) is 13.1. The van der Waals surface area contributed by atoms with Crippen LogP contribution in [0.15, 0.2) is 64.2 Å². The van der Waals surface area contributed by atoms with Crippen molar-refractivity contribution in [2.45, 2.75) is 6.61 Å². The Morgan fingerprint density at radius 2 is 2.07 bits per heavy atom. The molecule has 0 bridgehead atoms. The smallest absolute Gasteiger partial charge is 0.288 e. The topological polar surface area (TPSA) is 102 Å². The lowest BCUT2D eigenvalue weighted by atomic mass is 10.1. The lowest BCUT2D eigenvalue weighted by molar-refractivity contribution is -0.384. The summed E-state index contributed by atoms with van der Waals surface area (Å²) in [4.78, 5) is 15.6. The predicted molar refractivity (Wildman–Crippen MR) is 99.3 cm³/mol. The highest BCUT2D eigenvalue weighted by Crippen LogP contribution is 2.31. The molecule has 1 heterocycles. The Morgan fingerprint density at radius 1 is 1.26 bits per heavy atom. The van der Waals surface area contributed by atoms with Crippen LogP contribution in [-0.4, -0.2) is 11.1 Å². The number of nitrogens with zero attached hydrogens (tertiary/aromatic N) is 3. The number of rotatable bonds is 6. The van der Waals surface area contributed by atoms with Crippen molar-refractivity contribution in [3.63, 3.8) is 0 Å². The number of nitro groups is 1. The summed E-state index contributed by atoms with van der Waals surface area (Å²) in [7, 11) is 0. The third-order valence-corrected chi connectivity index (χ3v) is 3.99. The number of benzene rings is 2. The lowest BCUT2D eigenvalue weighted by Crippen LogP contribution is -1.91. The van der Waals surface area contributed by atoms with Crippen molar-refractivity contribution in [2.24, 2.45) is 5.16 Å². The summed E-state index contributed by atoms with van der Waals surface area (Å²) in [6, 6.07) is 16.9. The molecular formula is C19H12ClN3O4.